The quantitative estimate of drug-likeness (QED) is 0.287. The Bertz CT molecular complexity index is 1470. The van der Waals surface area contributed by atoms with Crippen LogP contribution in [0, 0.1) is 6.92 Å². The molecule has 0 amide bonds. The van der Waals surface area contributed by atoms with Gasteiger partial charge in [0, 0.05) is 17.4 Å². The molecule has 3 aromatic carbocycles. The van der Waals surface area contributed by atoms with E-state index in [1.807, 2.05) is 49.4 Å². The van der Waals surface area contributed by atoms with E-state index in [0.717, 1.165) is 20.8 Å². The van der Waals surface area contributed by atoms with Crippen LogP contribution in [0.25, 0.3) is 6.08 Å². The molecule has 1 aliphatic carbocycles. The van der Waals surface area contributed by atoms with Gasteiger partial charge in [0.25, 0.3) is 10.0 Å². The molecule has 0 fully saturated rings. The average Bonchev–Trinajstić information content (AvgIpc) is 3.27. The molecular weight excluding hydrogens is 458 g/mol. The third kappa shape index (κ3) is 3.98. The van der Waals surface area contributed by atoms with Crippen molar-refractivity contribution in [3.63, 3.8) is 0 Å². The van der Waals surface area contributed by atoms with E-state index in [4.69, 9.17) is 4.84 Å². The Hall–Kier alpha value is -3.97. The van der Waals surface area contributed by atoms with Crippen LogP contribution >= 0.6 is 0 Å². The highest BCUT2D eigenvalue weighted by Gasteiger charge is 2.39. The van der Waals surface area contributed by atoms with Crippen molar-refractivity contribution in [1.29, 1.82) is 0 Å². The van der Waals surface area contributed by atoms with Gasteiger partial charge in [-0.15, -0.1) is 0 Å². The first-order chi connectivity index (χ1) is 17.0. The zero-order valence-electron chi connectivity index (χ0n) is 19.5. The maximum Gasteiger partial charge on any atom is 0.283 e. The van der Waals surface area contributed by atoms with Crippen molar-refractivity contribution in [3.05, 3.63) is 125 Å². The number of allylic oxidation sites excluding steroid dienone is 1. The summed E-state index contributed by atoms with van der Waals surface area (Å²) in [5.74, 6) is 0. The zero-order valence-corrected chi connectivity index (χ0v) is 20.3. The highest BCUT2D eigenvalue weighted by molar-refractivity contribution is 7.89. The van der Waals surface area contributed by atoms with Crippen LogP contribution in [-0.2, 0) is 26.7 Å². The third-order valence-corrected chi connectivity index (χ3v) is 8.03. The normalized spacial score (nSPS) is 14.7. The summed E-state index contributed by atoms with van der Waals surface area (Å²) in [7, 11) is -2.51. The number of rotatable bonds is 6. The van der Waals surface area contributed by atoms with Gasteiger partial charge in [0.1, 0.15) is 12.8 Å². The minimum atomic E-state index is -3.95. The van der Waals surface area contributed by atoms with Crippen molar-refractivity contribution in [3.8, 4) is 0 Å². The van der Waals surface area contributed by atoms with Crippen LogP contribution in [0.3, 0.4) is 0 Å². The molecule has 1 heterocycles. The number of benzene rings is 3. The van der Waals surface area contributed by atoms with Gasteiger partial charge in [0.05, 0.1) is 16.8 Å². The molecule has 1 aromatic heterocycles. The zero-order chi connectivity index (χ0) is 24.5. The van der Waals surface area contributed by atoms with E-state index in [1.165, 1.54) is 13.3 Å². The van der Waals surface area contributed by atoms with Crippen molar-refractivity contribution >= 4 is 22.3 Å². The molecule has 4 aromatic rings. The van der Waals surface area contributed by atoms with Crippen molar-refractivity contribution in [2.45, 2.75) is 23.7 Å². The minimum Gasteiger partial charge on any atom is -0.399 e. The summed E-state index contributed by atoms with van der Waals surface area (Å²) in [6.45, 7) is 1.92. The van der Waals surface area contributed by atoms with Crippen molar-refractivity contribution < 1.29 is 13.3 Å². The molecule has 0 N–H and O–H groups in total. The molecule has 0 atom stereocenters. The molecule has 0 spiro atoms. The largest absolute Gasteiger partial charge is 0.399 e. The highest BCUT2D eigenvalue weighted by Crippen LogP contribution is 2.42. The van der Waals surface area contributed by atoms with Crippen molar-refractivity contribution in [2.24, 2.45) is 5.16 Å². The maximum absolute atomic E-state index is 13.8. The second kappa shape index (κ2) is 9.00. The summed E-state index contributed by atoms with van der Waals surface area (Å²) in [6.07, 6.45) is 5.94. The molecule has 7 heteroatoms. The first-order valence-corrected chi connectivity index (χ1v) is 12.7. The van der Waals surface area contributed by atoms with Gasteiger partial charge in [-0.2, -0.15) is 17.6 Å². The number of hydrogen-bond acceptors (Lipinski definition) is 5. The fourth-order valence-corrected chi connectivity index (χ4v) is 5.93. The molecule has 0 saturated carbocycles. The Balaban J connectivity index is 1.74. The van der Waals surface area contributed by atoms with Gasteiger partial charge in [-0.3, -0.25) is 0 Å². The van der Waals surface area contributed by atoms with E-state index in [1.54, 1.807) is 24.3 Å². The average molecular weight is 484 g/mol. The summed E-state index contributed by atoms with van der Waals surface area (Å²) >= 11 is 0. The highest BCUT2D eigenvalue weighted by atomic mass is 32.2. The number of hydrogen-bond donors (Lipinski definition) is 0. The first-order valence-electron chi connectivity index (χ1n) is 11.3. The standard InChI is InChI=1S/C28H25N3O3S/c1-21-13-15-24(16-14-21)35(32,33)31-27-19-28(22-9-5-3-6-10-22,23-11-7-4-8-12-23)18-17-25(27)26(30-31)20-29-34-2/h3-18,20H,19H2,1-2H3/b29-20+. The molecule has 0 bridgehead atoms. The molecule has 35 heavy (non-hydrogen) atoms. The maximum atomic E-state index is 13.8. The number of aromatic nitrogens is 2. The molecule has 0 unspecified atom stereocenters. The summed E-state index contributed by atoms with van der Waals surface area (Å²) < 4.78 is 28.7. The Kier molecular flexibility index (Phi) is 5.86. The first kappa shape index (κ1) is 22.8. The van der Waals surface area contributed by atoms with Gasteiger partial charge in [0.2, 0.25) is 0 Å². The second-order valence-corrected chi connectivity index (χ2v) is 10.3. The van der Waals surface area contributed by atoms with Crippen LogP contribution in [0.4, 0.5) is 0 Å². The molecule has 0 saturated heterocycles. The fraction of sp³-hybridized carbons (Fsp3) is 0.143. The van der Waals surface area contributed by atoms with Crippen LogP contribution in [-0.4, -0.2) is 30.9 Å². The lowest BCUT2D eigenvalue weighted by Gasteiger charge is -2.35. The SMILES string of the molecule is CO/N=C/c1nn(S(=O)(=O)c2ccc(C)cc2)c2c1C=CC(c1ccccc1)(c1ccccc1)C2. The summed E-state index contributed by atoms with van der Waals surface area (Å²) in [4.78, 5) is 5.04. The minimum absolute atomic E-state index is 0.184. The Morgan fingerprint density at radius 3 is 2.11 bits per heavy atom. The molecule has 0 aliphatic heterocycles. The third-order valence-electron chi connectivity index (χ3n) is 6.40. The van der Waals surface area contributed by atoms with Gasteiger partial charge in [-0.1, -0.05) is 95.7 Å². The van der Waals surface area contributed by atoms with E-state index in [2.05, 4.69) is 40.6 Å². The Morgan fingerprint density at radius 2 is 1.54 bits per heavy atom. The van der Waals surface area contributed by atoms with E-state index in [-0.39, 0.29) is 4.90 Å². The molecular formula is C28H25N3O3S. The molecule has 0 radical (unpaired) electrons. The summed E-state index contributed by atoms with van der Waals surface area (Å²) in [5.41, 5.74) is 4.30. The van der Waals surface area contributed by atoms with Crippen molar-refractivity contribution in [1.82, 2.24) is 9.19 Å². The lowest BCUT2D eigenvalue weighted by molar-refractivity contribution is 0.215. The number of fused-ring (bicyclic) bond motifs is 1. The predicted molar refractivity (Wildman–Crippen MR) is 137 cm³/mol. The summed E-state index contributed by atoms with van der Waals surface area (Å²) in [6, 6.07) is 27.1. The van der Waals surface area contributed by atoms with Gasteiger partial charge >= 0.3 is 0 Å². The predicted octanol–water partition coefficient (Wildman–Crippen LogP) is 4.96. The van der Waals surface area contributed by atoms with Gasteiger partial charge in [-0.05, 0) is 30.2 Å². The van der Waals surface area contributed by atoms with Crippen molar-refractivity contribution in [2.75, 3.05) is 7.11 Å². The number of nitrogens with zero attached hydrogens (tertiary/aromatic N) is 3. The van der Waals surface area contributed by atoms with Gasteiger partial charge in [-0.25, -0.2) is 0 Å². The van der Waals surface area contributed by atoms with E-state index >= 15 is 0 Å². The second-order valence-electron chi connectivity index (χ2n) is 8.54. The molecule has 5 rings (SSSR count). The number of oxime groups is 1. The van der Waals surface area contributed by atoms with Crippen LogP contribution in [0.5, 0.6) is 0 Å². The monoisotopic (exact) mass is 483 g/mol. The lowest BCUT2D eigenvalue weighted by Crippen LogP contribution is -2.32. The fourth-order valence-electron chi connectivity index (χ4n) is 4.60. The molecule has 6 nitrogen and oxygen atoms in total. The molecule has 176 valence electrons. The van der Waals surface area contributed by atoms with E-state index in [0.29, 0.717) is 23.4 Å². The van der Waals surface area contributed by atoms with Crippen LogP contribution in [0.15, 0.2) is 101 Å². The smallest absolute Gasteiger partial charge is 0.283 e. The summed E-state index contributed by atoms with van der Waals surface area (Å²) in [5, 5.41) is 8.35. The van der Waals surface area contributed by atoms with Crippen LogP contribution in [0.1, 0.15) is 33.6 Å². The Labute approximate surface area is 205 Å². The van der Waals surface area contributed by atoms with Crippen LogP contribution < -0.4 is 0 Å². The topological polar surface area (TPSA) is 73.6 Å². The van der Waals surface area contributed by atoms with Gasteiger partial charge < -0.3 is 4.84 Å². The van der Waals surface area contributed by atoms with Gasteiger partial charge in [0.15, 0.2) is 0 Å². The number of aryl methyl sites for hydroxylation is 1. The molecule has 1 aliphatic rings. The van der Waals surface area contributed by atoms with E-state index < -0.39 is 15.4 Å². The van der Waals surface area contributed by atoms with Crippen LogP contribution in [0.2, 0.25) is 0 Å². The van der Waals surface area contributed by atoms with E-state index in [9.17, 15) is 8.42 Å². The lowest BCUT2D eigenvalue weighted by atomic mass is 9.68. The Morgan fingerprint density at radius 1 is 0.943 bits per heavy atom.